The van der Waals surface area contributed by atoms with Crippen molar-refractivity contribution in [3.8, 4) is 0 Å². The van der Waals surface area contributed by atoms with Gasteiger partial charge in [0.2, 0.25) is 0 Å². The molecule has 0 unspecified atom stereocenters. The number of nitrogens with zero attached hydrogens (tertiary/aromatic N) is 3. The second-order valence-corrected chi connectivity index (χ2v) is 4.35. The molecule has 2 heterocycles. The summed E-state index contributed by atoms with van der Waals surface area (Å²) in [5.74, 6) is 0.625. The van der Waals surface area contributed by atoms with Crippen LogP contribution in [0.5, 0.6) is 0 Å². The van der Waals surface area contributed by atoms with Crippen LogP contribution in [0.25, 0.3) is 0 Å². The number of hydrazone groups is 1. The summed E-state index contributed by atoms with van der Waals surface area (Å²) in [6.45, 7) is 2.51. The number of benzene rings is 1. The molecule has 6 heteroatoms. The van der Waals surface area contributed by atoms with Gasteiger partial charge in [0.25, 0.3) is 5.56 Å². The highest BCUT2D eigenvalue weighted by Gasteiger charge is 2.10. The van der Waals surface area contributed by atoms with E-state index in [4.69, 9.17) is 0 Å². The molecule has 1 aromatic carbocycles. The largest absolute Gasteiger partial charge is 0.278 e. The number of rotatable bonds is 2. The first-order valence-corrected chi connectivity index (χ1v) is 5.94. The van der Waals surface area contributed by atoms with Gasteiger partial charge in [0.1, 0.15) is 5.71 Å². The Balaban J connectivity index is 1.80. The van der Waals surface area contributed by atoms with Gasteiger partial charge in [0.15, 0.2) is 5.82 Å². The number of H-pyrrole nitrogens is 1. The molecule has 0 bridgehead atoms. The first kappa shape index (κ1) is 11.5. The van der Waals surface area contributed by atoms with Crippen LogP contribution in [0.1, 0.15) is 5.56 Å². The van der Waals surface area contributed by atoms with E-state index >= 15 is 0 Å². The smallest absolute Gasteiger partial charge is 0.266 e. The van der Waals surface area contributed by atoms with Crippen molar-refractivity contribution in [2.45, 2.75) is 13.5 Å². The summed E-state index contributed by atoms with van der Waals surface area (Å²) < 4.78 is 1.67. The minimum atomic E-state index is -0.153. The zero-order valence-corrected chi connectivity index (χ0v) is 10.4. The summed E-state index contributed by atoms with van der Waals surface area (Å²) >= 11 is 0. The van der Waals surface area contributed by atoms with Crippen LogP contribution in [0.15, 0.2) is 45.2 Å². The van der Waals surface area contributed by atoms with Gasteiger partial charge in [0.05, 0.1) is 18.4 Å². The normalized spacial score (nSPS) is 15.5. The molecule has 3 rings (SSSR count). The average Bonchev–Trinajstić information content (AvgIpc) is 2.77. The molecule has 19 heavy (non-hydrogen) atoms. The molecular formula is C13H13N5O. The molecule has 0 spiro atoms. The van der Waals surface area contributed by atoms with Crippen LogP contribution in [-0.2, 0) is 6.54 Å². The van der Waals surface area contributed by atoms with Crippen molar-refractivity contribution in [2.75, 3.05) is 5.43 Å². The van der Waals surface area contributed by atoms with Crippen molar-refractivity contribution in [3.63, 3.8) is 0 Å². The molecule has 0 atom stereocenters. The molecule has 0 saturated carbocycles. The third-order valence-corrected chi connectivity index (χ3v) is 2.91. The summed E-state index contributed by atoms with van der Waals surface area (Å²) in [6, 6.07) is 9.36. The van der Waals surface area contributed by atoms with E-state index in [2.05, 4.69) is 20.6 Å². The minimum absolute atomic E-state index is 0.153. The summed E-state index contributed by atoms with van der Waals surface area (Å²) in [4.78, 5) is 15.3. The summed E-state index contributed by atoms with van der Waals surface area (Å²) in [7, 11) is 0. The molecule has 0 saturated heterocycles. The number of nitrogens with one attached hydrogen (secondary N) is 2. The van der Waals surface area contributed by atoms with Gasteiger partial charge in [-0.15, -0.1) is 0 Å². The van der Waals surface area contributed by atoms with Gasteiger partial charge in [-0.25, -0.2) is 4.99 Å². The Kier molecular flexibility index (Phi) is 2.75. The van der Waals surface area contributed by atoms with E-state index < -0.39 is 0 Å². The number of hydrogen-bond donors (Lipinski definition) is 2. The Morgan fingerprint density at radius 2 is 2.26 bits per heavy atom. The van der Waals surface area contributed by atoms with E-state index in [1.807, 2.05) is 31.2 Å². The van der Waals surface area contributed by atoms with E-state index in [1.54, 1.807) is 10.9 Å². The third kappa shape index (κ3) is 2.33. The SMILES string of the molecule is Cc1ccccc1NN=C1C=Nc2cc(=O)[nH]n2C1. The van der Waals surface area contributed by atoms with E-state index in [1.165, 1.54) is 6.07 Å². The fourth-order valence-corrected chi connectivity index (χ4v) is 1.88. The maximum atomic E-state index is 11.2. The quantitative estimate of drug-likeness (QED) is 0.801. The number of hydrogen-bond acceptors (Lipinski definition) is 4. The molecule has 2 aromatic rings. The summed E-state index contributed by atoms with van der Waals surface area (Å²) in [5, 5.41) is 6.97. The number of para-hydroxylation sites is 1. The van der Waals surface area contributed by atoms with Crippen LogP contribution in [0, 0.1) is 6.92 Å². The molecule has 2 N–H and O–H groups in total. The third-order valence-electron chi connectivity index (χ3n) is 2.91. The maximum absolute atomic E-state index is 11.2. The van der Waals surface area contributed by atoms with Crippen LogP contribution in [0.2, 0.25) is 0 Å². The van der Waals surface area contributed by atoms with Gasteiger partial charge >= 0.3 is 0 Å². The monoisotopic (exact) mass is 255 g/mol. The van der Waals surface area contributed by atoms with Crippen molar-refractivity contribution in [1.82, 2.24) is 9.78 Å². The number of aliphatic imine (C=N–C) groups is 1. The fraction of sp³-hybridized carbons (Fsp3) is 0.154. The highest BCUT2D eigenvalue weighted by molar-refractivity contribution is 6.31. The molecule has 0 amide bonds. The van der Waals surface area contributed by atoms with Gasteiger partial charge in [-0.05, 0) is 18.6 Å². The molecule has 1 aliphatic heterocycles. The van der Waals surface area contributed by atoms with E-state index in [9.17, 15) is 4.79 Å². The first-order chi connectivity index (χ1) is 9.22. The van der Waals surface area contributed by atoms with Crippen molar-refractivity contribution in [2.24, 2.45) is 10.1 Å². The predicted octanol–water partition coefficient (Wildman–Crippen LogP) is 1.67. The lowest BCUT2D eigenvalue weighted by atomic mass is 10.2. The molecular weight excluding hydrogens is 242 g/mol. The van der Waals surface area contributed by atoms with Crippen molar-refractivity contribution >= 4 is 23.4 Å². The van der Waals surface area contributed by atoms with Gasteiger partial charge in [-0.3, -0.25) is 20.0 Å². The average molecular weight is 255 g/mol. The Hall–Kier alpha value is -2.63. The Morgan fingerprint density at radius 3 is 3.11 bits per heavy atom. The molecule has 0 fully saturated rings. The minimum Gasteiger partial charge on any atom is -0.278 e. The van der Waals surface area contributed by atoms with Crippen LogP contribution >= 0.6 is 0 Å². The number of fused-ring (bicyclic) bond motifs is 1. The fourth-order valence-electron chi connectivity index (χ4n) is 1.88. The van der Waals surface area contributed by atoms with E-state index in [0.29, 0.717) is 12.4 Å². The summed E-state index contributed by atoms with van der Waals surface area (Å²) in [6.07, 6.45) is 1.66. The second kappa shape index (κ2) is 4.56. The van der Waals surface area contributed by atoms with Gasteiger partial charge in [-0.1, -0.05) is 18.2 Å². The zero-order chi connectivity index (χ0) is 13.2. The molecule has 6 nitrogen and oxygen atoms in total. The highest BCUT2D eigenvalue weighted by Crippen LogP contribution is 2.14. The molecule has 1 aliphatic rings. The van der Waals surface area contributed by atoms with Crippen LogP contribution in [0.4, 0.5) is 11.5 Å². The zero-order valence-electron chi connectivity index (χ0n) is 10.4. The van der Waals surface area contributed by atoms with E-state index in [0.717, 1.165) is 17.0 Å². The molecule has 0 radical (unpaired) electrons. The standard InChI is InChI=1S/C13H13N5O/c1-9-4-2-3-5-11(9)16-15-10-7-14-12-6-13(19)17-18(12)8-10/h2-7,16H,8H2,1H3,(H,17,19). The Labute approximate surface area is 109 Å². The lowest BCUT2D eigenvalue weighted by Crippen LogP contribution is -2.19. The number of aryl methyl sites for hydroxylation is 1. The van der Waals surface area contributed by atoms with E-state index in [-0.39, 0.29) is 5.56 Å². The van der Waals surface area contributed by atoms with Crippen LogP contribution < -0.4 is 11.0 Å². The number of aromatic nitrogens is 2. The van der Waals surface area contributed by atoms with Gasteiger partial charge in [-0.2, -0.15) is 5.10 Å². The Bertz CT molecular complexity index is 723. The van der Waals surface area contributed by atoms with Crippen LogP contribution in [-0.4, -0.2) is 21.7 Å². The second-order valence-electron chi connectivity index (χ2n) is 4.35. The lowest BCUT2D eigenvalue weighted by molar-refractivity contribution is 0.716. The number of anilines is 1. The van der Waals surface area contributed by atoms with Crippen molar-refractivity contribution in [3.05, 3.63) is 46.2 Å². The van der Waals surface area contributed by atoms with Gasteiger partial charge in [0, 0.05) is 6.07 Å². The topological polar surface area (TPSA) is 74.5 Å². The Morgan fingerprint density at radius 1 is 1.42 bits per heavy atom. The summed E-state index contributed by atoms with van der Waals surface area (Å²) in [5.41, 5.74) is 5.69. The predicted molar refractivity (Wildman–Crippen MR) is 75.4 cm³/mol. The highest BCUT2D eigenvalue weighted by atomic mass is 16.1. The lowest BCUT2D eigenvalue weighted by Gasteiger charge is -2.11. The van der Waals surface area contributed by atoms with Crippen LogP contribution in [0.3, 0.4) is 0 Å². The van der Waals surface area contributed by atoms with Crippen molar-refractivity contribution in [1.29, 1.82) is 0 Å². The molecule has 0 aliphatic carbocycles. The number of aromatic amines is 1. The van der Waals surface area contributed by atoms with Gasteiger partial charge < -0.3 is 0 Å². The molecule has 1 aromatic heterocycles. The molecule has 96 valence electrons. The maximum Gasteiger partial charge on any atom is 0.266 e. The first-order valence-electron chi connectivity index (χ1n) is 5.94. The van der Waals surface area contributed by atoms with Crippen molar-refractivity contribution < 1.29 is 0 Å².